The van der Waals surface area contributed by atoms with Crippen LogP contribution in [0, 0.1) is 0 Å². The number of hydrogen-bond donors (Lipinski definition) is 1. The summed E-state index contributed by atoms with van der Waals surface area (Å²) in [5.41, 5.74) is 6.81. The number of pyridine rings is 1. The van der Waals surface area contributed by atoms with Crippen LogP contribution < -0.4 is 10.6 Å². The molecule has 0 saturated carbocycles. The highest BCUT2D eigenvalue weighted by Gasteiger charge is 2.14. The van der Waals surface area contributed by atoms with E-state index in [4.69, 9.17) is 10.3 Å². The second-order valence-corrected chi connectivity index (χ2v) is 3.35. The van der Waals surface area contributed by atoms with Crippen molar-refractivity contribution in [3.8, 4) is 11.6 Å². The summed E-state index contributed by atoms with van der Waals surface area (Å²) in [7, 11) is 1.89. The third-order valence-corrected chi connectivity index (χ3v) is 2.27. The van der Waals surface area contributed by atoms with Gasteiger partial charge in [-0.3, -0.25) is 0 Å². The Morgan fingerprint density at radius 3 is 3.00 bits per heavy atom. The predicted molar refractivity (Wildman–Crippen MR) is 60.9 cm³/mol. The van der Waals surface area contributed by atoms with Crippen LogP contribution in [0.4, 0.5) is 11.6 Å². The largest absolute Gasteiger partial charge is 0.397 e. The smallest absolute Gasteiger partial charge is 0.280 e. The van der Waals surface area contributed by atoms with Crippen LogP contribution in [0.5, 0.6) is 0 Å². The quantitative estimate of drug-likeness (QED) is 0.834. The van der Waals surface area contributed by atoms with Gasteiger partial charge in [-0.1, -0.05) is 0 Å². The molecule has 0 bridgehead atoms. The molecular weight excluding hydrogens is 206 g/mol. The molecule has 0 aliphatic carbocycles. The van der Waals surface area contributed by atoms with Gasteiger partial charge < -0.3 is 15.2 Å². The number of rotatable bonds is 3. The highest BCUT2D eigenvalue weighted by molar-refractivity contribution is 5.65. The Morgan fingerprint density at radius 1 is 1.50 bits per heavy atom. The van der Waals surface area contributed by atoms with Crippen LogP contribution in [0.1, 0.15) is 6.92 Å². The van der Waals surface area contributed by atoms with Gasteiger partial charge in [0.05, 0.1) is 5.69 Å². The highest BCUT2D eigenvalue weighted by Crippen LogP contribution is 2.22. The second kappa shape index (κ2) is 4.18. The summed E-state index contributed by atoms with van der Waals surface area (Å²) in [6, 6.07) is 3.50. The topological polar surface area (TPSA) is 81.1 Å². The van der Waals surface area contributed by atoms with E-state index in [9.17, 15) is 0 Å². The van der Waals surface area contributed by atoms with Crippen LogP contribution in [0.3, 0.4) is 0 Å². The molecule has 2 aromatic rings. The van der Waals surface area contributed by atoms with Gasteiger partial charge in [0.25, 0.3) is 11.8 Å². The van der Waals surface area contributed by atoms with Gasteiger partial charge in [0.2, 0.25) is 0 Å². The van der Waals surface area contributed by atoms with Crippen molar-refractivity contribution in [1.82, 2.24) is 15.1 Å². The van der Waals surface area contributed by atoms with Crippen molar-refractivity contribution < 1.29 is 4.52 Å². The maximum Gasteiger partial charge on any atom is 0.280 e. The monoisotopic (exact) mass is 219 g/mol. The predicted octanol–water partition coefficient (Wildman–Crippen LogP) is 1.17. The highest BCUT2D eigenvalue weighted by atomic mass is 16.5. The van der Waals surface area contributed by atoms with E-state index in [0.717, 1.165) is 6.54 Å². The number of aromatic nitrogens is 3. The van der Waals surface area contributed by atoms with E-state index < -0.39 is 0 Å². The normalized spacial score (nSPS) is 10.4. The lowest BCUT2D eigenvalue weighted by Crippen LogP contribution is -2.17. The minimum absolute atomic E-state index is 0.341. The van der Waals surface area contributed by atoms with Crippen molar-refractivity contribution >= 4 is 11.6 Å². The Hall–Kier alpha value is -2.11. The third-order valence-electron chi connectivity index (χ3n) is 2.27. The minimum atomic E-state index is 0.341. The fourth-order valence-electron chi connectivity index (χ4n) is 1.20. The zero-order valence-corrected chi connectivity index (χ0v) is 9.21. The van der Waals surface area contributed by atoms with Gasteiger partial charge in [0.15, 0.2) is 5.69 Å². The maximum absolute atomic E-state index is 5.77. The molecule has 2 heterocycles. The molecule has 0 aromatic carbocycles. The first kappa shape index (κ1) is 10.4. The molecular formula is C10H13N5O. The fourth-order valence-corrected chi connectivity index (χ4v) is 1.20. The molecule has 0 unspecified atom stereocenters. The van der Waals surface area contributed by atoms with E-state index in [1.54, 1.807) is 18.3 Å². The molecule has 84 valence electrons. The van der Waals surface area contributed by atoms with E-state index in [1.165, 1.54) is 0 Å². The molecule has 0 radical (unpaired) electrons. The van der Waals surface area contributed by atoms with E-state index in [1.807, 2.05) is 18.9 Å². The van der Waals surface area contributed by atoms with E-state index >= 15 is 0 Å². The summed E-state index contributed by atoms with van der Waals surface area (Å²) in [4.78, 5) is 10.2. The van der Waals surface area contributed by atoms with E-state index in [2.05, 4.69) is 15.1 Å². The number of nitrogens with zero attached hydrogens (tertiary/aromatic N) is 4. The summed E-state index contributed by atoms with van der Waals surface area (Å²) >= 11 is 0. The van der Waals surface area contributed by atoms with Crippen molar-refractivity contribution in [2.75, 3.05) is 24.2 Å². The summed E-state index contributed by atoms with van der Waals surface area (Å²) < 4.78 is 5.11. The molecule has 2 rings (SSSR count). The first-order chi connectivity index (χ1) is 7.72. The van der Waals surface area contributed by atoms with Crippen molar-refractivity contribution in [1.29, 1.82) is 0 Å². The van der Waals surface area contributed by atoms with Crippen molar-refractivity contribution in [2.45, 2.75) is 6.92 Å². The SMILES string of the molecule is CCN(C)c1noc(-c2ncccc2N)n1. The van der Waals surface area contributed by atoms with Crippen LogP contribution in [-0.4, -0.2) is 28.7 Å². The van der Waals surface area contributed by atoms with Crippen LogP contribution in [0.25, 0.3) is 11.6 Å². The minimum Gasteiger partial charge on any atom is -0.397 e. The number of nitrogens with two attached hydrogens (primary N) is 1. The van der Waals surface area contributed by atoms with Gasteiger partial charge in [-0.2, -0.15) is 4.98 Å². The lowest BCUT2D eigenvalue weighted by molar-refractivity contribution is 0.429. The molecule has 0 saturated heterocycles. The summed E-state index contributed by atoms with van der Waals surface area (Å²) in [5, 5.41) is 3.85. The molecule has 0 atom stereocenters. The van der Waals surface area contributed by atoms with Gasteiger partial charge in [0, 0.05) is 19.8 Å². The van der Waals surface area contributed by atoms with Gasteiger partial charge in [-0.05, 0) is 24.2 Å². The van der Waals surface area contributed by atoms with Crippen molar-refractivity contribution in [3.05, 3.63) is 18.3 Å². The van der Waals surface area contributed by atoms with E-state index in [-0.39, 0.29) is 0 Å². The lowest BCUT2D eigenvalue weighted by Gasteiger charge is -2.08. The lowest BCUT2D eigenvalue weighted by atomic mass is 10.3. The zero-order chi connectivity index (χ0) is 11.5. The second-order valence-electron chi connectivity index (χ2n) is 3.35. The first-order valence-electron chi connectivity index (χ1n) is 4.98. The van der Waals surface area contributed by atoms with Crippen LogP contribution in [-0.2, 0) is 0 Å². The van der Waals surface area contributed by atoms with Crippen LogP contribution >= 0.6 is 0 Å². The molecule has 2 N–H and O–H groups in total. The molecule has 0 fully saturated rings. The van der Waals surface area contributed by atoms with Gasteiger partial charge in [-0.25, -0.2) is 4.98 Å². The zero-order valence-electron chi connectivity index (χ0n) is 9.21. The van der Waals surface area contributed by atoms with Gasteiger partial charge in [-0.15, -0.1) is 0 Å². The number of anilines is 2. The molecule has 0 aliphatic heterocycles. The van der Waals surface area contributed by atoms with Crippen LogP contribution in [0.15, 0.2) is 22.9 Å². The van der Waals surface area contributed by atoms with Gasteiger partial charge >= 0.3 is 0 Å². The Morgan fingerprint density at radius 2 is 2.31 bits per heavy atom. The van der Waals surface area contributed by atoms with Crippen molar-refractivity contribution in [3.63, 3.8) is 0 Å². The summed E-state index contributed by atoms with van der Waals surface area (Å²) in [5.74, 6) is 0.871. The molecule has 2 aromatic heterocycles. The molecule has 6 nitrogen and oxygen atoms in total. The van der Waals surface area contributed by atoms with Crippen molar-refractivity contribution in [2.24, 2.45) is 0 Å². The Labute approximate surface area is 93.1 Å². The summed E-state index contributed by atoms with van der Waals surface area (Å²) in [6.45, 7) is 2.81. The van der Waals surface area contributed by atoms with Gasteiger partial charge in [0.1, 0.15) is 0 Å². The first-order valence-corrected chi connectivity index (χ1v) is 4.98. The number of nitrogen functional groups attached to an aromatic ring is 1. The summed E-state index contributed by atoms with van der Waals surface area (Å²) in [6.07, 6.45) is 1.64. The molecule has 0 spiro atoms. The molecule has 16 heavy (non-hydrogen) atoms. The average Bonchev–Trinajstić information content (AvgIpc) is 2.78. The molecule has 0 aliphatic rings. The Balaban J connectivity index is 2.35. The Kier molecular flexibility index (Phi) is 2.72. The Bertz CT molecular complexity index is 482. The third kappa shape index (κ3) is 1.81. The molecule has 6 heteroatoms. The standard InChI is InChI=1S/C10H13N5O/c1-3-15(2)10-13-9(16-14-10)8-7(11)5-4-6-12-8/h4-6H,3,11H2,1-2H3. The average molecular weight is 219 g/mol. The number of hydrogen-bond acceptors (Lipinski definition) is 6. The van der Waals surface area contributed by atoms with E-state index in [0.29, 0.717) is 23.2 Å². The van der Waals surface area contributed by atoms with Crippen LogP contribution in [0.2, 0.25) is 0 Å². The molecule has 0 amide bonds. The maximum atomic E-state index is 5.77. The fraction of sp³-hybridized carbons (Fsp3) is 0.300.